The van der Waals surface area contributed by atoms with Crippen LogP contribution < -0.4 is 4.74 Å². The molecule has 0 aliphatic heterocycles. The highest BCUT2D eigenvalue weighted by molar-refractivity contribution is 6.63. The topological polar surface area (TPSA) is 50.1 Å². The van der Waals surface area contributed by atoms with Crippen LogP contribution in [0.4, 0.5) is 0 Å². The van der Waals surface area contributed by atoms with Crippen LogP contribution in [0.1, 0.15) is 12.0 Å². The van der Waals surface area contributed by atoms with Crippen molar-refractivity contribution in [2.45, 2.75) is 12.8 Å². The molecule has 16 heavy (non-hydrogen) atoms. The smallest absolute Gasteiger partial charge is 0.222 e. The molecule has 0 saturated heterocycles. The molecule has 1 rings (SSSR count). The molecule has 0 amide bonds. The fourth-order valence-electron chi connectivity index (χ4n) is 1.40. The third kappa shape index (κ3) is 3.92. The lowest BCUT2D eigenvalue weighted by atomic mass is 9.98. The summed E-state index contributed by atoms with van der Waals surface area (Å²) < 4.78 is 5.02. The second-order valence-electron chi connectivity index (χ2n) is 3.44. The molecule has 0 heterocycles. The Hall–Kier alpha value is -1.53. The van der Waals surface area contributed by atoms with Gasteiger partial charge in [0, 0.05) is 6.42 Å². The third-order valence-corrected chi connectivity index (χ3v) is 2.38. The van der Waals surface area contributed by atoms with Gasteiger partial charge in [0.1, 0.15) is 5.75 Å². The van der Waals surface area contributed by atoms with E-state index in [9.17, 15) is 4.79 Å². The maximum Gasteiger partial charge on any atom is 0.222 e. The number of ether oxygens (including phenoxy) is 1. The Morgan fingerprint density at radius 2 is 2.12 bits per heavy atom. The molecule has 1 atom stereocenters. The second kappa shape index (κ2) is 6.14. The van der Waals surface area contributed by atoms with Crippen molar-refractivity contribution < 1.29 is 9.53 Å². The van der Waals surface area contributed by atoms with Crippen LogP contribution in [-0.4, -0.2) is 12.4 Å². The first-order valence-corrected chi connectivity index (χ1v) is 5.24. The molecule has 0 spiro atoms. The van der Waals surface area contributed by atoms with Crippen molar-refractivity contribution in [3.05, 3.63) is 29.8 Å². The minimum absolute atomic E-state index is 0.0874. The average Bonchev–Trinajstić information content (AvgIpc) is 2.28. The number of carbonyl (C=O) groups is 1. The summed E-state index contributed by atoms with van der Waals surface area (Å²) in [5.74, 6) is 0.407. The number of halogens is 1. The summed E-state index contributed by atoms with van der Waals surface area (Å²) in [5, 5.41) is 8.38. The first kappa shape index (κ1) is 12.5. The molecule has 0 unspecified atom stereocenters. The fourth-order valence-corrected chi connectivity index (χ4v) is 1.59. The van der Waals surface area contributed by atoms with Crippen LogP contribution in [0.2, 0.25) is 0 Å². The second-order valence-corrected chi connectivity index (χ2v) is 3.86. The van der Waals surface area contributed by atoms with Crippen molar-refractivity contribution in [1.82, 2.24) is 0 Å². The quantitative estimate of drug-likeness (QED) is 0.740. The Bertz CT molecular complexity index is 394. The van der Waals surface area contributed by atoms with Crippen molar-refractivity contribution in [3.63, 3.8) is 0 Å². The number of rotatable bonds is 5. The number of benzene rings is 1. The van der Waals surface area contributed by atoms with Gasteiger partial charge in [0.05, 0.1) is 19.1 Å². The molecule has 1 aromatic carbocycles. The van der Waals surface area contributed by atoms with Gasteiger partial charge in [-0.15, -0.1) is 0 Å². The highest BCUT2D eigenvalue weighted by Crippen LogP contribution is 2.16. The van der Waals surface area contributed by atoms with Crippen LogP contribution in [0.25, 0.3) is 0 Å². The maximum atomic E-state index is 10.7. The molecular weight excluding hydrogens is 226 g/mol. The lowest BCUT2D eigenvalue weighted by Gasteiger charge is -2.07. The van der Waals surface area contributed by atoms with Crippen molar-refractivity contribution >= 4 is 16.8 Å². The Balaban J connectivity index is 2.64. The molecule has 0 radical (unpaired) electrons. The van der Waals surface area contributed by atoms with Crippen molar-refractivity contribution in [3.8, 4) is 11.8 Å². The lowest BCUT2D eigenvalue weighted by molar-refractivity contribution is -0.112. The van der Waals surface area contributed by atoms with E-state index in [4.69, 9.17) is 21.6 Å². The van der Waals surface area contributed by atoms with Gasteiger partial charge >= 0.3 is 0 Å². The van der Waals surface area contributed by atoms with Crippen LogP contribution in [0.15, 0.2) is 24.3 Å². The third-order valence-electron chi connectivity index (χ3n) is 2.23. The van der Waals surface area contributed by atoms with Gasteiger partial charge in [-0.1, -0.05) is 12.1 Å². The first-order valence-electron chi connectivity index (χ1n) is 4.86. The van der Waals surface area contributed by atoms with Gasteiger partial charge in [-0.3, -0.25) is 4.79 Å². The van der Waals surface area contributed by atoms with Gasteiger partial charge in [0.25, 0.3) is 0 Å². The number of hydrogen-bond acceptors (Lipinski definition) is 3. The monoisotopic (exact) mass is 237 g/mol. The van der Waals surface area contributed by atoms with Crippen LogP contribution in [0, 0.1) is 17.2 Å². The summed E-state index contributed by atoms with van der Waals surface area (Å²) in [6.45, 7) is 0. The van der Waals surface area contributed by atoms with E-state index in [2.05, 4.69) is 6.07 Å². The van der Waals surface area contributed by atoms with Gasteiger partial charge in [-0.2, -0.15) is 5.26 Å². The van der Waals surface area contributed by atoms with E-state index < -0.39 is 5.24 Å². The molecule has 0 N–H and O–H groups in total. The molecule has 0 saturated carbocycles. The molecule has 0 fully saturated rings. The molecule has 4 heteroatoms. The van der Waals surface area contributed by atoms with E-state index in [1.165, 1.54) is 0 Å². The van der Waals surface area contributed by atoms with Gasteiger partial charge in [0.15, 0.2) is 0 Å². The summed E-state index contributed by atoms with van der Waals surface area (Å²) in [4.78, 5) is 10.7. The number of methoxy groups -OCH3 is 1. The molecule has 0 bridgehead atoms. The fraction of sp³-hybridized carbons (Fsp3) is 0.333. The van der Waals surface area contributed by atoms with E-state index in [-0.39, 0.29) is 12.3 Å². The highest BCUT2D eigenvalue weighted by Gasteiger charge is 2.12. The van der Waals surface area contributed by atoms with E-state index in [1.54, 1.807) is 7.11 Å². The molecule has 0 aliphatic rings. The van der Waals surface area contributed by atoms with Crippen LogP contribution >= 0.6 is 11.6 Å². The van der Waals surface area contributed by atoms with Crippen LogP contribution in [0.3, 0.4) is 0 Å². The van der Waals surface area contributed by atoms with Crippen LogP contribution in [0.5, 0.6) is 5.75 Å². The standard InChI is InChI=1S/C12H12ClNO2/c1-16-11-4-2-9(3-5-11)6-10(8-14)7-12(13)15/h2-5,10H,6-7H2,1H3/t10-/m1/s1. The number of carbonyl (C=O) groups excluding carboxylic acids is 1. The number of nitriles is 1. The summed E-state index contributed by atoms with van der Waals surface area (Å²) in [7, 11) is 1.60. The summed E-state index contributed by atoms with van der Waals surface area (Å²) in [6.07, 6.45) is 0.614. The molecule has 0 aromatic heterocycles. The predicted molar refractivity (Wildman–Crippen MR) is 61.3 cm³/mol. The zero-order chi connectivity index (χ0) is 12.0. The maximum absolute atomic E-state index is 10.7. The van der Waals surface area contributed by atoms with E-state index in [0.717, 1.165) is 11.3 Å². The normalized spacial score (nSPS) is 11.6. The Morgan fingerprint density at radius 1 is 1.50 bits per heavy atom. The van der Waals surface area contributed by atoms with Gasteiger partial charge in [-0.25, -0.2) is 0 Å². The minimum atomic E-state index is -0.472. The van der Waals surface area contributed by atoms with Crippen molar-refractivity contribution in [2.75, 3.05) is 7.11 Å². The zero-order valence-corrected chi connectivity index (χ0v) is 9.70. The minimum Gasteiger partial charge on any atom is -0.497 e. The Kier molecular flexibility index (Phi) is 4.81. The van der Waals surface area contributed by atoms with Gasteiger partial charge in [0.2, 0.25) is 5.24 Å². The highest BCUT2D eigenvalue weighted by atomic mass is 35.5. The average molecular weight is 238 g/mol. The molecule has 1 aromatic rings. The lowest BCUT2D eigenvalue weighted by Crippen LogP contribution is -2.05. The Morgan fingerprint density at radius 3 is 2.56 bits per heavy atom. The number of nitrogens with zero attached hydrogens (tertiary/aromatic N) is 1. The predicted octanol–water partition coefficient (Wildman–Crippen LogP) is 2.53. The van der Waals surface area contributed by atoms with E-state index >= 15 is 0 Å². The number of hydrogen-bond donors (Lipinski definition) is 0. The Labute approximate surface area is 99.6 Å². The SMILES string of the molecule is COc1ccc(C[C@@H](C#N)CC(=O)Cl)cc1. The molecule has 0 aliphatic carbocycles. The molecule has 84 valence electrons. The zero-order valence-electron chi connectivity index (χ0n) is 8.94. The van der Waals surface area contributed by atoms with E-state index in [0.29, 0.717) is 6.42 Å². The molecular formula is C12H12ClNO2. The largest absolute Gasteiger partial charge is 0.497 e. The molecule has 3 nitrogen and oxygen atoms in total. The van der Waals surface area contributed by atoms with Gasteiger partial charge < -0.3 is 4.74 Å². The van der Waals surface area contributed by atoms with Crippen molar-refractivity contribution in [1.29, 1.82) is 5.26 Å². The van der Waals surface area contributed by atoms with Crippen LogP contribution in [-0.2, 0) is 11.2 Å². The van der Waals surface area contributed by atoms with E-state index in [1.807, 2.05) is 24.3 Å². The first-order chi connectivity index (χ1) is 7.65. The van der Waals surface area contributed by atoms with Crippen molar-refractivity contribution in [2.24, 2.45) is 5.92 Å². The summed E-state index contributed by atoms with van der Waals surface area (Å²) in [5.41, 5.74) is 0.991. The van der Waals surface area contributed by atoms with Gasteiger partial charge in [-0.05, 0) is 35.7 Å². The summed E-state index contributed by atoms with van der Waals surface area (Å²) in [6, 6.07) is 9.48. The summed E-state index contributed by atoms with van der Waals surface area (Å²) >= 11 is 5.26.